The van der Waals surface area contributed by atoms with Gasteiger partial charge in [0, 0.05) is 13.1 Å². The zero-order valence-corrected chi connectivity index (χ0v) is 11.7. The van der Waals surface area contributed by atoms with E-state index in [9.17, 15) is 9.90 Å². The fourth-order valence-corrected chi connectivity index (χ4v) is 1.66. The quantitative estimate of drug-likeness (QED) is 0.725. The molecule has 0 radical (unpaired) electrons. The van der Waals surface area contributed by atoms with Gasteiger partial charge in [-0.25, -0.2) is 4.79 Å². The van der Waals surface area contributed by atoms with Gasteiger partial charge >= 0.3 is 5.97 Å². The van der Waals surface area contributed by atoms with Gasteiger partial charge in [0.25, 0.3) is 0 Å². The zero-order chi connectivity index (χ0) is 14.3. The fraction of sp³-hybridized carbons (Fsp3) is 0.500. The maximum Gasteiger partial charge on any atom is 0.327 e. The van der Waals surface area contributed by atoms with Crippen LogP contribution in [0.3, 0.4) is 0 Å². The van der Waals surface area contributed by atoms with E-state index in [1.807, 2.05) is 19.0 Å². The zero-order valence-electron chi connectivity index (χ0n) is 11.7. The number of esters is 1. The Morgan fingerprint density at radius 3 is 2.53 bits per heavy atom. The molecular formula is C14H22N2O3. The lowest BCUT2D eigenvalue weighted by molar-refractivity contribution is -0.145. The molecule has 1 rings (SSSR count). The summed E-state index contributed by atoms with van der Waals surface area (Å²) in [6.45, 7) is 3.64. The van der Waals surface area contributed by atoms with Crippen LogP contribution in [-0.4, -0.2) is 49.8 Å². The molecule has 0 bridgehead atoms. The van der Waals surface area contributed by atoms with E-state index in [0.29, 0.717) is 13.2 Å². The van der Waals surface area contributed by atoms with Gasteiger partial charge in [0.15, 0.2) is 0 Å². The first-order valence-electron chi connectivity index (χ1n) is 6.38. The summed E-state index contributed by atoms with van der Waals surface area (Å²) in [5.41, 5.74) is 0.787. The van der Waals surface area contributed by atoms with Crippen LogP contribution in [-0.2, 0) is 9.53 Å². The van der Waals surface area contributed by atoms with Gasteiger partial charge in [-0.2, -0.15) is 0 Å². The maximum absolute atomic E-state index is 11.9. The van der Waals surface area contributed by atoms with Gasteiger partial charge in [-0.15, -0.1) is 0 Å². The van der Waals surface area contributed by atoms with Crippen LogP contribution in [0.25, 0.3) is 0 Å². The van der Waals surface area contributed by atoms with Crippen LogP contribution in [0.4, 0.5) is 0 Å². The number of hydrogen-bond acceptors (Lipinski definition) is 5. The Morgan fingerprint density at radius 2 is 2.00 bits per heavy atom. The van der Waals surface area contributed by atoms with E-state index in [-0.39, 0.29) is 11.7 Å². The number of likely N-dealkylation sites (N-methyl/N-ethyl adjacent to an activating group) is 1. The van der Waals surface area contributed by atoms with Gasteiger partial charge in [-0.3, -0.25) is 5.32 Å². The van der Waals surface area contributed by atoms with Crippen molar-refractivity contribution in [2.75, 3.05) is 33.8 Å². The molecule has 1 aromatic carbocycles. The molecule has 2 N–H and O–H groups in total. The van der Waals surface area contributed by atoms with Crippen LogP contribution >= 0.6 is 0 Å². The Morgan fingerprint density at radius 1 is 1.37 bits per heavy atom. The van der Waals surface area contributed by atoms with Gasteiger partial charge in [-0.1, -0.05) is 12.1 Å². The second-order valence-corrected chi connectivity index (χ2v) is 4.53. The van der Waals surface area contributed by atoms with Crippen LogP contribution in [0.15, 0.2) is 24.3 Å². The Balaban J connectivity index is 2.73. The summed E-state index contributed by atoms with van der Waals surface area (Å²) in [6.07, 6.45) is 0. The minimum absolute atomic E-state index is 0.180. The summed E-state index contributed by atoms with van der Waals surface area (Å²) in [5, 5.41) is 12.5. The standard InChI is InChI=1S/C14H22N2O3/c1-4-19-14(18)13(15-9-10-16(2)3)11-5-7-12(17)8-6-11/h5-8,13,15,17H,4,9-10H2,1-3H3. The summed E-state index contributed by atoms with van der Waals surface area (Å²) in [5.74, 6) is -0.119. The molecule has 19 heavy (non-hydrogen) atoms. The molecule has 0 aromatic heterocycles. The van der Waals surface area contributed by atoms with Crippen molar-refractivity contribution in [3.8, 4) is 5.75 Å². The molecule has 5 nitrogen and oxygen atoms in total. The number of aromatic hydroxyl groups is 1. The Kier molecular flexibility index (Phi) is 6.32. The third-order valence-corrected chi connectivity index (χ3v) is 2.66. The van der Waals surface area contributed by atoms with E-state index >= 15 is 0 Å². The van der Waals surface area contributed by atoms with Gasteiger partial charge in [-0.05, 0) is 38.7 Å². The van der Waals surface area contributed by atoms with E-state index in [1.54, 1.807) is 31.2 Å². The van der Waals surface area contributed by atoms with Crippen LogP contribution in [0.5, 0.6) is 5.75 Å². The molecule has 5 heteroatoms. The molecule has 1 aromatic rings. The number of ether oxygens (including phenoxy) is 1. The lowest BCUT2D eigenvalue weighted by Crippen LogP contribution is -2.34. The van der Waals surface area contributed by atoms with Crippen molar-refractivity contribution in [3.63, 3.8) is 0 Å². The summed E-state index contributed by atoms with van der Waals surface area (Å²) >= 11 is 0. The molecular weight excluding hydrogens is 244 g/mol. The predicted octanol–water partition coefficient (Wildman–Crippen LogP) is 1.15. The third-order valence-electron chi connectivity index (χ3n) is 2.66. The second kappa shape index (κ2) is 7.76. The van der Waals surface area contributed by atoms with Gasteiger partial charge in [0.2, 0.25) is 0 Å². The molecule has 0 saturated heterocycles. The predicted molar refractivity (Wildman–Crippen MR) is 74.0 cm³/mol. The van der Waals surface area contributed by atoms with Crippen molar-refractivity contribution >= 4 is 5.97 Å². The Hall–Kier alpha value is -1.59. The molecule has 0 spiro atoms. The maximum atomic E-state index is 11.9. The van der Waals surface area contributed by atoms with Crippen LogP contribution in [0, 0.1) is 0 Å². The molecule has 106 valence electrons. The van der Waals surface area contributed by atoms with Crippen molar-refractivity contribution in [1.82, 2.24) is 10.2 Å². The highest BCUT2D eigenvalue weighted by atomic mass is 16.5. The highest BCUT2D eigenvalue weighted by Gasteiger charge is 2.21. The van der Waals surface area contributed by atoms with Crippen molar-refractivity contribution in [2.45, 2.75) is 13.0 Å². The van der Waals surface area contributed by atoms with Gasteiger partial charge < -0.3 is 14.7 Å². The Bertz CT molecular complexity index is 390. The first-order chi connectivity index (χ1) is 9.04. The number of phenols is 1. The number of carbonyl (C=O) groups is 1. The number of benzene rings is 1. The van der Waals surface area contributed by atoms with Crippen LogP contribution < -0.4 is 5.32 Å². The fourth-order valence-electron chi connectivity index (χ4n) is 1.66. The molecule has 1 unspecified atom stereocenters. The Labute approximate surface area is 114 Å². The van der Waals surface area contributed by atoms with Crippen molar-refractivity contribution in [3.05, 3.63) is 29.8 Å². The number of phenolic OH excluding ortho intramolecular Hbond substituents is 1. The van der Waals surface area contributed by atoms with Crippen LogP contribution in [0.1, 0.15) is 18.5 Å². The molecule has 0 fully saturated rings. The van der Waals surface area contributed by atoms with E-state index in [0.717, 1.165) is 12.1 Å². The molecule has 0 aliphatic carbocycles. The smallest absolute Gasteiger partial charge is 0.327 e. The molecule has 0 aliphatic rings. The van der Waals surface area contributed by atoms with E-state index < -0.39 is 6.04 Å². The van der Waals surface area contributed by atoms with E-state index in [2.05, 4.69) is 5.32 Å². The first-order valence-corrected chi connectivity index (χ1v) is 6.38. The van der Waals surface area contributed by atoms with Crippen LogP contribution in [0.2, 0.25) is 0 Å². The SMILES string of the molecule is CCOC(=O)C(NCCN(C)C)c1ccc(O)cc1. The van der Waals surface area contributed by atoms with Gasteiger partial charge in [0.1, 0.15) is 11.8 Å². The molecule has 1 atom stereocenters. The van der Waals surface area contributed by atoms with E-state index in [4.69, 9.17) is 4.74 Å². The minimum Gasteiger partial charge on any atom is -0.508 e. The van der Waals surface area contributed by atoms with Crippen molar-refractivity contribution < 1.29 is 14.6 Å². The number of hydrogen-bond donors (Lipinski definition) is 2. The average Bonchev–Trinajstić information content (AvgIpc) is 2.36. The summed E-state index contributed by atoms with van der Waals surface area (Å²) in [6, 6.07) is 6.07. The van der Waals surface area contributed by atoms with Gasteiger partial charge in [0.05, 0.1) is 6.61 Å². The topological polar surface area (TPSA) is 61.8 Å². The average molecular weight is 266 g/mol. The third kappa shape index (κ3) is 5.28. The molecule has 0 amide bonds. The molecule has 0 saturated carbocycles. The largest absolute Gasteiger partial charge is 0.508 e. The minimum atomic E-state index is -0.500. The second-order valence-electron chi connectivity index (χ2n) is 4.53. The summed E-state index contributed by atoms with van der Waals surface area (Å²) in [4.78, 5) is 14.0. The monoisotopic (exact) mass is 266 g/mol. The summed E-state index contributed by atoms with van der Waals surface area (Å²) in [7, 11) is 3.95. The first kappa shape index (κ1) is 15.5. The number of carbonyl (C=O) groups excluding carboxylic acids is 1. The summed E-state index contributed by atoms with van der Waals surface area (Å²) < 4.78 is 5.07. The van der Waals surface area contributed by atoms with Crippen molar-refractivity contribution in [2.24, 2.45) is 0 Å². The normalized spacial score (nSPS) is 12.4. The lowest BCUT2D eigenvalue weighted by Gasteiger charge is -2.19. The number of nitrogens with one attached hydrogen (secondary N) is 1. The highest BCUT2D eigenvalue weighted by Crippen LogP contribution is 2.18. The van der Waals surface area contributed by atoms with E-state index in [1.165, 1.54) is 0 Å². The molecule has 0 aliphatic heterocycles. The highest BCUT2D eigenvalue weighted by molar-refractivity contribution is 5.77. The lowest BCUT2D eigenvalue weighted by atomic mass is 10.1. The number of rotatable bonds is 7. The van der Waals surface area contributed by atoms with Crippen molar-refractivity contribution in [1.29, 1.82) is 0 Å². The number of nitrogens with zero attached hydrogens (tertiary/aromatic N) is 1. The molecule has 0 heterocycles.